The van der Waals surface area contributed by atoms with Crippen LogP contribution in [0.5, 0.6) is 0 Å². The lowest BCUT2D eigenvalue weighted by molar-refractivity contribution is 0.216. The van der Waals surface area contributed by atoms with E-state index in [1.54, 1.807) is 6.07 Å². The van der Waals surface area contributed by atoms with E-state index in [4.69, 9.17) is 5.73 Å². The van der Waals surface area contributed by atoms with Crippen molar-refractivity contribution in [2.45, 2.75) is 32.4 Å². The van der Waals surface area contributed by atoms with Crippen molar-refractivity contribution >= 4 is 5.69 Å². The van der Waals surface area contributed by atoms with E-state index < -0.39 is 5.54 Å². The molecule has 1 aromatic carbocycles. The highest BCUT2D eigenvalue weighted by atomic mass is 19.1. The molecule has 0 saturated heterocycles. The number of aliphatic hydroxyl groups excluding tert-OH is 1. The van der Waals surface area contributed by atoms with Gasteiger partial charge in [-0.15, -0.1) is 0 Å². The zero-order valence-electron chi connectivity index (χ0n) is 10.9. The molecule has 1 atom stereocenters. The smallest absolute Gasteiger partial charge is 0.123 e. The first-order chi connectivity index (χ1) is 7.79. The Morgan fingerprint density at radius 1 is 1.47 bits per heavy atom. The highest BCUT2D eigenvalue weighted by molar-refractivity contribution is 5.56. The van der Waals surface area contributed by atoms with Crippen LogP contribution >= 0.6 is 0 Å². The second-order valence-corrected chi connectivity index (χ2v) is 5.02. The normalized spacial score (nSPS) is 13.6. The Bertz CT molecular complexity index is 391. The number of likely N-dealkylation sites (N-methyl/N-ethyl adjacent to an activating group) is 1. The summed E-state index contributed by atoms with van der Waals surface area (Å²) in [4.78, 5) is 1.92. The predicted octanol–water partition coefficient (Wildman–Crippen LogP) is 2.05. The number of rotatable bonds is 4. The number of aliphatic hydroxyl groups is 1. The third-order valence-corrected chi connectivity index (χ3v) is 3.14. The van der Waals surface area contributed by atoms with Crippen molar-refractivity contribution in [3.8, 4) is 0 Å². The Morgan fingerprint density at radius 3 is 2.53 bits per heavy atom. The largest absolute Gasteiger partial charge is 0.394 e. The van der Waals surface area contributed by atoms with Crippen molar-refractivity contribution < 1.29 is 9.50 Å². The molecule has 0 aromatic heterocycles. The summed E-state index contributed by atoms with van der Waals surface area (Å²) in [6, 6.07) is 4.30. The molecule has 0 aliphatic heterocycles. The molecule has 96 valence electrons. The molecule has 0 bridgehead atoms. The molecule has 4 heteroatoms. The summed E-state index contributed by atoms with van der Waals surface area (Å²) in [5.41, 5.74) is 7.03. The summed E-state index contributed by atoms with van der Waals surface area (Å²) in [5, 5.41) is 9.36. The molecule has 0 radical (unpaired) electrons. The predicted molar refractivity (Wildman–Crippen MR) is 68.6 cm³/mol. The van der Waals surface area contributed by atoms with Crippen molar-refractivity contribution in [1.82, 2.24) is 0 Å². The van der Waals surface area contributed by atoms with Gasteiger partial charge in [0.1, 0.15) is 5.82 Å². The fourth-order valence-electron chi connectivity index (χ4n) is 1.63. The summed E-state index contributed by atoms with van der Waals surface area (Å²) < 4.78 is 13.2. The minimum atomic E-state index is -0.415. The van der Waals surface area contributed by atoms with E-state index in [1.807, 2.05) is 32.7 Å². The molecule has 0 saturated carbocycles. The topological polar surface area (TPSA) is 49.5 Å². The van der Waals surface area contributed by atoms with Gasteiger partial charge in [0.25, 0.3) is 0 Å². The average Bonchev–Trinajstić information content (AvgIpc) is 2.28. The van der Waals surface area contributed by atoms with Crippen LogP contribution in [-0.4, -0.2) is 24.3 Å². The fraction of sp³-hybridized carbons (Fsp3) is 0.538. The lowest BCUT2D eigenvalue weighted by Gasteiger charge is -2.37. The zero-order chi connectivity index (χ0) is 13.2. The van der Waals surface area contributed by atoms with Gasteiger partial charge in [-0.1, -0.05) is 0 Å². The van der Waals surface area contributed by atoms with Gasteiger partial charge < -0.3 is 15.7 Å². The SMILES string of the molecule is CC(N)c1cc(F)ccc1N(C)C(C)(C)CO. The van der Waals surface area contributed by atoms with E-state index in [2.05, 4.69) is 0 Å². The molecule has 1 aromatic rings. The third kappa shape index (κ3) is 2.96. The van der Waals surface area contributed by atoms with Gasteiger partial charge in [-0.3, -0.25) is 0 Å². The molecular weight excluding hydrogens is 219 g/mol. The monoisotopic (exact) mass is 240 g/mol. The summed E-state index contributed by atoms with van der Waals surface area (Å²) >= 11 is 0. The summed E-state index contributed by atoms with van der Waals surface area (Å²) in [6.45, 7) is 5.67. The quantitative estimate of drug-likeness (QED) is 0.847. The second kappa shape index (κ2) is 5.02. The van der Waals surface area contributed by atoms with Crippen molar-refractivity contribution in [2.75, 3.05) is 18.6 Å². The summed E-state index contributed by atoms with van der Waals surface area (Å²) in [6.07, 6.45) is 0. The van der Waals surface area contributed by atoms with Gasteiger partial charge in [-0.2, -0.15) is 0 Å². The minimum absolute atomic E-state index is 0.0132. The van der Waals surface area contributed by atoms with Crippen LogP contribution in [0.3, 0.4) is 0 Å². The van der Waals surface area contributed by atoms with Crippen LogP contribution in [0.4, 0.5) is 10.1 Å². The molecule has 0 aliphatic carbocycles. The molecule has 0 spiro atoms. The second-order valence-electron chi connectivity index (χ2n) is 5.02. The number of halogens is 1. The van der Waals surface area contributed by atoms with Crippen LogP contribution in [0.1, 0.15) is 32.4 Å². The minimum Gasteiger partial charge on any atom is -0.394 e. The Morgan fingerprint density at radius 2 is 2.06 bits per heavy atom. The van der Waals surface area contributed by atoms with Crippen molar-refractivity contribution in [3.05, 3.63) is 29.6 Å². The maximum absolute atomic E-state index is 13.2. The number of anilines is 1. The molecule has 3 N–H and O–H groups in total. The van der Waals surface area contributed by atoms with Crippen molar-refractivity contribution in [1.29, 1.82) is 0 Å². The van der Waals surface area contributed by atoms with Crippen LogP contribution in [-0.2, 0) is 0 Å². The van der Waals surface area contributed by atoms with E-state index in [0.717, 1.165) is 11.3 Å². The highest BCUT2D eigenvalue weighted by Crippen LogP contribution is 2.29. The molecular formula is C13H21FN2O. The van der Waals surface area contributed by atoms with Gasteiger partial charge in [0.15, 0.2) is 0 Å². The average molecular weight is 240 g/mol. The van der Waals surface area contributed by atoms with Gasteiger partial charge >= 0.3 is 0 Å². The van der Waals surface area contributed by atoms with Crippen LogP contribution < -0.4 is 10.6 Å². The zero-order valence-corrected chi connectivity index (χ0v) is 10.9. The lowest BCUT2D eigenvalue weighted by Crippen LogP contribution is -2.45. The Balaban J connectivity index is 3.22. The Hall–Kier alpha value is -1.13. The number of nitrogens with two attached hydrogens (primary N) is 1. The van der Waals surface area contributed by atoms with Crippen molar-refractivity contribution in [3.63, 3.8) is 0 Å². The third-order valence-electron chi connectivity index (χ3n) is 3.14. The summed E-state index contributed by atoms with van der Waals surface area (Å²) in [7, 11) is 1.87. The molecule has 3 nitrogen and oxygen atoms in total. The maximum atomic E-state index is 13.2. The number of benzene rings is 1. The van der Waals surface area contributed by atoms with Gasteiger partial charge in [-0.05, 0) is 44.5 Å². The number of hydrogen-bond acceptors (Lipinski definition) is 3. The fourth-order valence-corrected chi connectivity index (χ4v) is 1.63. The molecule has 0 amide bonds. The number of hydrogen-bond donors (Lipinski definition) is 2. The molecule has 0 fully saturated rings. The van der Waals surface area contributed by atoms with Gasteiger partial charge in [0.05, 0.1) is 12.1 Å². The highest BCUT2D eigenvalue weighted by Gasteiger charge is 2.25. The van der Waals surface area contributed by atoms with Gasteiger partial charge in [0.2, 0.25) is 0 Å². The number of nitrogens with zero attached hydrogens (tertiary/aromatic N) is 1. The molecule has 1 unspecified atom stereocenters. The summed E-state index contributed by atoms with van der Waals surface area (Å²) in [5.74, 6) is -0.295. The first-order valence-electron chi connectivity index (χ1n) is 5.69. The molecule has 0 aliphatic rings. The lowest BCUT2D eigenvalue weighted by atomic mass is 9.99. The van der Waals surface area contributed by atoms with Crippen LogP contribution in [0, 0.1) is 5.82 Å². The van der Waals surface area contributed by atoms with Crippen LogP contribution in [0.2, 0.25) is 0 Å². The molecule has 17 heavy (non-hydrogen) atoms. The Kier molecular flexibility index (Phi) is 4.11. The molecule has 1 rings (SSSR count). The van der Waals surface area contributed by atoms with E-state index in [1.165, 1.54) is 12.1 Å². The van der Waals surface area contributed by atoms with Gasteiger partial charge in [-0.25, -0.2) is 4.39 Å². The van der Waals surface area contributed by atoms with Crippen molar-refractivity contribution in [2.24, 2.45) is 5.73 Å². The Labute approximate surface area is 102 Å². The van der Waals surface area contributed by atoms with E-state index in [-0.39, 0.29) is 18.5 Å². The van der Waals surface area contributed by atoms with Crippen LogP contribution in [0.15, 0.2) is 18.2 Å². The first-order valence-corrected chi connectivity index (χ1v) is 5.69. The molecule has 0 heterocycles. The maximum Gasteiger partial charge on any atom is 0.123 e. The van der Waals surface area contributed by atoms with Gasteiger partial charge in [0, 0.05) is 18.8 Å². The van der Waals surface area contributed by atoms with E-state index in [9.17, 15) is 9.50 Å². The first kappa shape index (κ1) is 13.9. The van der Waals surface area contributed by atoms with E-state index >= 15 is 0 Å². The standard InChI is InChI=1S/C13H21FN2O/c1-9(15)11-7-10(14)5-6-12(11)16(4)13(2,3)8-17/h5-7,9,17H,8,15H2,1-4H3. The van der Waals surface area contributed by atoms with Crippen LogP contribution in [0.25, 0.3) is 0 Å². The van der Waals surface area contributed by atoms with E-state index in [0.29, 0.717) is 0 Å².